The predicted octanol–water partition coefficient (Wildman–Crippen LogP) is 3.31. The Morgan fingerprint density at radius 1 is 1.33 bits per heavy atom. The zero-order valence-electron chi connectivity index (χ0n) is 18.5. The molecule has 1 atom stereocenters. The van der Waals surface area contributed by atoms with E-state index in [1.165, 1.54) is 10.5 Å². The Morgan fingerprint density at radius 2 is 2.12 bits per heavy atom. The van der Waals surface area contributed by atoms with Crippen LogP contribution >= 0.6 is 0 Å². The van der Waals surface area contributed by atoms with Gasteiger partial charge in [0.1, 0.15) is 28.6 Å². The third-order valence-corrected chi connectivity index (χ3v) is 5.45. The van der Waals surface area contributed by atoms with E-state index < -0.39 is 11.5 Å². The molecule has 4 rings (SSSR count). The molecule has 0 bridgehead atoms. The van der Waals surface area contributed by atoms with E-state index >= 15 is 0 Å². The van der Waals surface area contributed by atoms with Gasteiger partial charge in [-0.05, 0) is 56.5 Å². The topological polar surface area (TPSA) is 106 Å². The summed E-state index contributed by atoms with van der Waals surface area (Å²) in [4.78, 5) is 30.5. The summed E-state index contributed by atoms with van der Waals surface area (Å²) in [5, 5.41) is 12.3. The molecule has 0 radical (unpaired) electrons. The molecular weight excluding hydrogens is 420 g/mol. The summed E-state index contributed by atoms with van der Waals surface area (Å²) < 4.78 is 12.8. The van der Waals surface area contributed by atoms with Crippen molar-refractivity contribution in [2.24, 2.45) is 0 Å². The van der Waals surface area contributed by atoms with Crippen LogP contribution in [0, 0.1) is 25.2 Å². The van der Waals surface area contributed by atoms with Crippen LogP contribution < -0.4 is 15.6 Å². The van der Waals surface area contributed by atoms with Gasteiger partial charge < -0.3 is 14.8 Å². The molecule has 168 valence electrons. The van der Waals surface area contributed by atoms with Crippen molar-refractivity contribution in [3.05, 3.63) is 75.2 Å². The Hall–Kier alpha value is -3.96. The van der Waals surface area contributed by atoms with E-state index in [0.29, 0.717) is 24.5 Å². The Labute approximate surface area is 191 Å². The van der Waals surface area contributed by atoms with E-state index in [0.717, 1.165) is 24.0 Å². The Kier molecular flexibility index (Phi) is 6.52. The van der Waals surface area contributed by atoms with Crippen molar-refractivity contribution in [2.45, 2.75) is 32.8 Å². The monoisotopic (exact) mass is 444 g/mol. The van der Waals surface area contributed by atoms with Crippen LogP contribution in [0.25, 0.3) is 11.7 Å². The van der Waals surface area contributed by atoms with E-state index in [2.05, 4.69) is 10.3 Å². The van der Waals surface area contributed by atoms with E-state index in [9.17, 15) is 14.9 Å². The van der Waals surface area contributed by atoms with Gasteiger partial charge in [0.15, 0.2) is 0 Å². The maximum absolute atomic E-state index is 13.3. The Morgan fingerprint density at radius 3 is 2.82 bits per heavy atom. The number of hydrogen-bond donors (Lipinski definition) is 1. The van der Waals surface area contributed by atoms with Crippen LogP contribution in [0.2, 0.25) is 0 Å². The highest BCUT2D eigenvalue weighted by Crippen LogP contribution is 2.25. The number of fused-ring (bicyclic) bond motifs is 1. The summed E-state index contributed by atoms with van der Waals surface area (Å²) >= 11 is 0. The van der Waals surface area contributed by atoms with Crippen LogP contribution in [0.15, 0.2) is 53.0 Å². The molecule has 1 aliphatic rings. The minimum atomic E-state index is -0.581. The second-order valence-corrected chi connectivity index (χ2v) is 7.95. The molecule has 1 aromatic carbocycles. The molecule has 8 heteroatoms. The molecule has 1 aliphatic heterocycles. The standard InChI is InChI=1S/C25H24N4O4/c1-16-7-9-19(10-8-16)33-24-21(25(31)29-11-3-5-17(2)22(29)28-24)13-18(14-26)23(30)27-15-20-6-4-12-32-20/h3,5,7-11,13,20H,4,6,12,15H2,1-2H3,(H,27,30)/b18-13+. The van der Waals surface area contributed by atoms with Gasteiger partial charge in [-0.3, -0.25) is 14.0 Å². The van der Waals surface area contributed by atoms with Crippen molar-refractivity contribution < 1.29 is 14.3 Å². The minimum absolute atomic E-state index is 0.0162. The van der Waals surface area contributed by atoms with E-state index in [4.69, 9.17) is 9.47 Å². The molecule has 3 aromatic rings. The van der Waals surface area contributed by atoms with Crippen LogP contribution in [0.1, 0.15) is 29.5 Å². The third kappa shape index (κ3) is 4.94. The fourth-order valence-corrected chi connectivity index (χ4v) is 3.61. The predicted molar refractivity (Wildman–Crippen MR) is 123 cm³/mol. The first kappa shape index (κ1) is 22.2. The van der Waals surface area contributed by atoms with Crippen LogP contribution in [0.3, 0.4) is 0 Å². The van der Waals surface area contributed by atoms with E-state index in [1.54, 1.807) is 24.4 Å². The molecule has 1 fully saturated rings. The SMILES string of the molecule is Cc1ccc(Oc2nc3c(C)cccn3c(=O)c2/C=C(\C#N)C(=O)NCC2CCCO2)cc1. The number of carbonyl (C=O) groups excluding carboxylic acids is 1. The third-order valence-electron chi connectivity index (χ3n) is 5.45. The zero-order chi connectivity index (χ0) is 23.4. The van der Waals surface area contributed by atoms with Crippen molar-refractivity contribution in [3.8, 4) is 17.7 Å². The zero-order valence-corrected chi connectivity index (χ0v) is 18.5. The number of pyridine rings is 1. The number of amides is 1. The smallest absolute Gasteiger partial charge is 0.269 e. The highest BCUT2D eigenvalue weighted by molar-refractivity contribution is 6.01. The van der Waals surface area contributed by atoms with Crippen molar-refractivity contribution >= 4 is 17.6 Å². The first-order chi connectivity index (χ1) is 16.0. The van der Waals surface area contributed by atoms with Crippen LogP contribution in [0.4, 0.5) is 0 Å². The van der Waals surface area contributed by atoms with Gasteiger partial charge in [0.05, 0.1) is 6.10 Å². The molecule has 1 saturated heterocycles. The molecule has 0 spiro atoms. The first-order valence-corrected chi connectivity index (χ1v) is 10.7. The molecule has 3 heterocycles. The number of aromatic nitrogens is 2. The summed E-state index contributed by atoms with van der Waals surface area (Å²) in [7, 11) is 0. The maximum atomic E-state index is 13.3. The molecule has 0 aliphatic carbocycles. The highest BCUT2D eigenvalue weighted by atomic mass is 16.5. The van der Waals surface area contributed by atoms with Gasteiger partial charge in [0.2, 0.25) is 5.88 Å². The molecule has 1 N–H and O–H groups in total. The number of carbonyl (C=O) groups is 1. The summed E-state index contributed by atoms with van der Waals surface area (Å²) in [5.74, 6) is -0.0673. The average molecular weight is 444 g/mol. The van der Waals surface area contributed by atoms with Gasteiger partial charge in [-0.25, -0.2) is 0 Å². The number of nitrogens with zero attached hydrogens (tertiary/aromatic N) is 3. The average Bonchev–Trinajstić information content (AvgIpc) is 3.33. The van der Waals surface area contributed by atoms with Crippen LogP contribution in [-0.2, 0) is 9.53 Å². The van der Waals surface area contributed by atoms with E-state index in [1.807, 2.05) is 38.1 Å². The number of ether oxygens (including phenoxy) is 2. The van der Waals surface area contributed by atoms with Gasteiger partial charge in [0, 0.05) is 19.3 Å². The Bertz CT molecular complexity index is 1310. The Balaban J connectivity index is 1.75. The summed E-state index contributed by atoms with van der Waals surface area (Å²) in [6.45, 7) is 4.77. The molecule has 1 unspecified atom stereocenters. The molecule has 33 heavy (non-hydrogen) atoms. The fourth-order valence-electron chi connectivity index (χ4n) is 3.61. The van der Waals surface area contributed by atoms with Crippen molar-refractivity contribution in [1.82, 2.24) is 14.7 Å². The molecular formula is C25H24N4O4. The largest absolute Gasteiger partial charge is 0.438 e. The van der Waals surface area contributed by atoms with Crippen LogP contribution in [-0.4, -0.2) is 34.5 Å². The normalized spacial score (nSPS) is 15.9. The lowest BCUT2D eigenvalue weighted by Gasteiger charge is -2.12. The number of hydrogen-bond acceptors (Lipinski definition) is 6. The summed E-state index contributed by atoms with van der Waals surface area (Å²) in [5.41, 5.74) is 1.64. The van der Waals surface area contributed by atoms with Crippen molar-refractivity contribution in [3.63, 3.8) is 0 Å². The van der Waals surface area contributed by atoms with Gasteiger partial charge >= 0.3 is 0 Å². The lowest BCUT2D eigenvalue weighted by Crippen LogP contribution is -2.32. The lowest BCUT2D eigenvalue weighted by molar-refractivity contribution is -0.117. The quantitative estimate of drug-likeness (QED) is 0.462. The molecule has 2 aromatic heterocycles. The molecule has 1 amide bonds. The minimum Gasteiger partial charge on any atom is -0.438 e. The number of nitriles is 1. The maximum Gasteiger partial charge on any atom is 0.269 e. The second kappa shape index (κ2) is 9.67. The number of benzene rings is 1. The van der Waals surface area contributed by atoms with Gasteiger partial charge in [-0.1, -0.05) is 23.8 Å². The second-order valence-electron chi connectivity index (χ2n) is 7.95. The van der Waals surface area contributed by atoms with E-state index in [-0.39, 0.29) is 23.1 Å². The number of aryl methyl sites for hydroxylation is 2. The lowest BCUT2D eigenvalue weighted by atomic mass is 10.1. The number of rotatable bonds is 6. The molecule has 8 nitrogen and oxygen atoms in total. The van der Waals surface area contributed by atoms with Crippen LogP contribution in [0.5, 0.6) is 11.6 Å². The first-order valence-electron chi connectivity index (χ1n) is 10.7. The van der Waals surface area contributed by atoms with Gasteiger partial charge in [0.25, 0.3) is 11.5 Å². The highest BCUT2D eigenvalue weighted by Gasteiger charge is 2.20. The van der Waals surface area contributed by atoms with Gasteiger partial charge in [-0.15, -0.1) is 0 Å². The summed E-state index contributed by atoms with van der Waals surface area (Å²) in [6.07, 6.45) is 4.56. The van der Waals surface area contributed by atoms with Gasteiger partial charge in [-0.2, -0.15) is 10.2 Å². The van der Waals surface area contributed by atoms with Crippen molar-refractivity contribution in [1.29, 1.82) is 5.26 Å². The number of nitrogens with one attached hydrogen (secondary N) is 1. The van der Waals surface area contributed by atoms with Crippen molar-refractivity contribution in [2.75, 3.05) is 13.2 Å². The fraction of sp³-hybridized carbons (Fsp3) is 0.280. The molecule has 0 saturated carbocycles. The summed E-state index contributed by atoms with van der Waals surface area (Å²) in [6, 6.07) is 12.8.